The van der Waals surface area contributed by atoms with Gasteiger partial charge in [-0.1, -0.05) is 25.0 Å². The maximum Gasteiger partial charge on any atom is 0.337 e. The quantitative estimate of drug-likeness (QED) is 0.778. The maximum absolute atomic E-state index is 11.8. The number of hydrogen-bond donors (Lipinski definition) is 0. The van der Waals surface area contributed by atoms with Gasteiger partial charge in [-0.15, -0.1) is 23.5 Å². The molecule has 1 aliphatic carbocycles. The summed E-state index contributed by atoms with van der Waals surface area (Å²) in [5.74, 6) is 2.93. The average molecular weight is 308 g/mol. The topological polar surface area (TPSA) is 26.3 Å². The average Bonchev–Trinajstić information content (AvgIpc) is 3.17. The van der Waals surface area contributed by atoms with Crippen LogP contribution in [0, 0.1) is 5.92 Å². The van der Waals surface area contributed by atoms with Crippen LogP contribution in [-0.4, -0.2) is 24.6 Å². The van der Waals surface area contributed by atoms with E-state index in [-0.39, 0.29) is 10.0 Å². The zero-order valence-electron chi connectivity index (χ0n) is 11.8. The lowest BCUT2D eigenvalue weighted by Gasteiger charge is -2.34. The molecule has 1 saturated heterocycles. The van der Waals surface area contributed by atoms with E-state index in [0.717, 1.165) is 5.92 Å². The molecule has 20 heavy (non-hydrogen) atoms. The Kier molecular flexibility index (Phi) is 4.32. The summed E-state index contributed by atoms with van der Waals surface area (Å²) in [5.41, 5.74) is 1.98. The maximum atomic E-state index is 11.8. The van der Waals surface area contributed by atoms with Gasteiger partial charge in [0.1, 0.15) is 0 Å². The fourth-order valence-corrected chi connectivity index (χ4v) is 6.99. The molecule has 2 nitrogen and oxygen atoms in total. The Hall–Kier alpha value is -0.610. The number of ether oxygens (including phenoxy) is 1. The van der Waals surface area contributed by atoms with Crippen LogP contribution in [0.3, 0.4) is 0 Å². The van der Waals surface area contributed by atoms with Gasteiger partial charge in [-0.3, -0.25) is 0 Å². The van der Waals surface area contributed by atoms with Crippen LogP contribution in [0.5, 0.6) is 0 Å². The van der Waals surface area contributed by atoms with E-state index in [1.807, 2.05) is 12.1 Å². The van der Waals surface area contributed by atoms with E-state index < -0.39 is 0 Å². The smallest absolute Gasteiger partial charge is 0.337 e. The third-order valence-electron chi connectivity index (χ3n) is 4.29. The molecule has 0 unspecified atom stereocenters. The van der Waals surface area contributed by atoms with Crippen molar-refractivity contribution in [2.45, 2.75) is 29.8 Å². The van der Waals surface area contributed by atoms with Crippen LogP contribution in [0.25, 0.3) is 0 Å². The van der Waals surface area contributed by atoms with Gasteiger partial charge in [0.25, 0.3) is 0 Å². The molecule has 2 aliphatic rings. The summed E-state index contributed by atoms with van der Waals surface area (Å²) < 4.78 is 5.03. The minimum Gasteiger partial charge on any atom is -0.465 e. The van der Waals surface area contributed by atoms with E-state index in [4.69, 9.17) is 4.74 Å². The van der Waals surface area contributed by atoms with Crippen LogP contribution >= 0.6 is 23.5 Å². The van der Waals surface area contributed by atoms with Gasteiger partial charge in [-0.25, -0.2) is 4.79 Å². The SMILES string of the molecule is COC(=O)c1cccc(C2(C3CCCC3)SCCS2)c1. The molecule has 0 amide bonds. The first-order chi connectivity index (χ1) is 9.76. The van der Waals surface area contributed by atoms with Crippen molar-refractivity contribution < 1.29 is 9.53 Å². The van der Waals surface area contributed by atoms with Gasteiger partial charge in [0.05, 0.1) is 16.8 Å². The Morgan fingerprint density at radius 2 is 1.95 bits per heavy atom. The highest BCUT2D eigenvalue weighted by Crippen LogP contribution is 2.60. The highest BCUT2D eigenvalue weighted by Gasteiger charge is 2.45. The molecular formula is C16H20O2S2. The third kappa shape index (κ3) is 2.48. The Morgan fingerprint density at radius 1 is 1.25 bits per heavy atom. The fraction of sp³-hybridized carbons (Fsp3) is 0.562. The lowest BCUT2D eigenvalue weighted by Crippen LogP contribution is -2.25. The molecule has 1 aromatic rings. The van der Waals surface area contributed by atoms with Crippen molar-refractivity contribution in [2.75, 3.05) is 18.6 Å². The number of thioether (sulfide) groups is 2. The summed E-state index contributed by atoms with van der Waals surface area (Å²) in [4.78, 5) is 11.8. The molecule has 4 heteroatoms. The van der Waals surface area contributed by atoms with Gasteiger partial charge in [0.2, 0.25) is 0 Å². The van der Waals surface area contributed by atoms with Crippen LogP contribution in [0.4, 0.5) is 0 Å². The van der Waals surface area contributed by atoms with Crippen molar-refractivity contribution in [1.82, 2.24) is 0 Å². The van der Waals surface area contributed by atoms with Crippen molar-refractivity contribution in [1.29, 1.82) is 0 Å². The number of carbonyl (C=O) groups excluding carboxylic acids is 1. The molecular weight excluding hydrogens is 288 g/mol. The highest BCUT2D eigenvalue weighted by molar-refractivity contribution is 8.20. The van der Waals surface area contributed by atoms with E-state index in [1.165, 1.54) is 49.9 Å². The lowest BCUT2D eigenvalue weighted by molar-refractivity contribution is 0.0600. The minimum atomic E-state index is -0.235. The number of methoxy groups -OCH3 is 1. The molecule has 108 valence electrons. The van der Waals surface area contributed by atoms with Crippen molar-refractivity contribution >= 4 is 29.5 Å². The summed E-state index contributed by atoms with van der Waals surface area (Å²) in [6.45, 7) is 0. The Bertz CT molecular complexity index is 489. The first-order valence-electron chi connectivity index (χ1n) is 7.23. The fourth-order valence-electron chi connectivity index (χ4n) is 3.35. The molecule has 0 spiro atoms. The van der Waals surface area contributed by atoms with Gasteiger partial charge in [-0.05, 0) is 36.5 Å². The number of benzene rings is 1. The summed E-state index contributed by atoms with van der Waals surface area (Å²) in [6.07, 6.45) is 5.35. The molecule has 0 aromatic heterocycles. The molecule has 1 aliphatic heterocycles. The van der Waals surface area contributed by atoms with Gasteiger partial charge in [0.15, 0.2) is 0 Å². The van der Waals surface area contributed by atoms with Crippen LogP contribution in [0.15, 0.2) is 24.3 Å². The summed E-state index contributed by atoms with van der Waals surface area (Å²) in [6, 6.07) is 8.09. The summed E-state index contributed by atoms with van der Waals surface area (Å²) in [7, 11) is 1.45. The second kappa shape index (κ2) is 6.02. The van der Waals surface area contributed by atoms with E-state index in [1.54, 1.807) is 0 Å². The monoisotopic (exact) mass is 308 g/mol. The summed E-state index contributed by atoms with van der Waals surface area (Å²) in [5, 5.41) is 0. The largest absolute Gasteiger partial charge is 0.465 e. The van der Waals surface area contributed by atoms with Crippen molar-refractivity contribution in [3.05, 3.63) is 35.4 Å². The predicted molar refractivity (Wildman–Crippen MR) is 86.3 cm³/mol. The van der Waals surface area contributed by atoms with Crippen LogP contribution in [0.2, 0.25) is 0 Å². The number of carbonyl (C=O) groups is 1. The Labute approximate surface area is 129 Å². The van der Waals surface area contributed by atoms with E-state index in [2.05, 4.69) is 35.7 Å². The second-order valence-corrected chi connectivity index (χ2v) is 8.36. The van der Waals surface area contributed by atoms with Gasteiger partial charge in [-0.2, -0.15) is 0 Å². The second-order valence-electron chi connectivity index (χ2n) is 5.42. The van der Waals surface area contributed by atoms with Crippen molar-refractivity contribution in [3.8, 4) is 0 Å². The van der Waals surface area contributed by atoms with Crippen LogP contribution in [0.1, 0.15) is 41.6 Å². The zero-order chi connectivity index (χ0) is 14.0. The lowest BCUT2D eigenvalue weighted by atomic mass is 9.95. The molecule has 3 rings (SSSR count). The van der Waals surface area contributed by atoms with E-state index in [9.17, 15) is 4.79 Å². The van der Waals surface area contributed by atoms with Crippen molar-refractivity contribution in [2.24, 2.45) is 5.92 Å². The zero-order valence-corrected chi connectivity index (χ0v) is 13.4. The molecule has 0 radical (unpaired) electrons. The number of rotatable bonds is 3. The minimum absolute atomic E-state index is 0.167. The predicted octanol–water partition coefficient (Wildman–Crippen LogP) is 4.30. The molecule has 2 fully saturated rings. The molecule has 0 atom stereocenters. The number of hydrogen-bond acceptors (Lipinski definition) is 4. The molecule has 0 N–H and O–H groups in total. The van der Waals surface area contributed by atoms with Crippen LogP contribution in [-0.2, 0) is 8.82 Å². The van der Waals surface area contributed by atoms with Gasteiger partial charge in [0, 0.05) is 11.5 Å². The highest BCUT2D eigenvalue weighted by atomic mass is 32.2. The Balaban J connectivity index is 1.97. The van der Waals surface area contributed by atoms with Gasteiger partial charge >= 0.3 is 5.97 Å². The molecule has 1 saturated carbocycles. The first kappa shape index (κ1) is 14.3. The molecule has 1 aromatic carbocycles. The standard InChI is InChI=1S/C16H20O2S2/c1-18-15(17)12-5-4-8-14(11-12)16(19-9-10-20-16)13-6-2-3-7-13/h4-5,8,11,13H,2-3,6-7,9-10H2,1H3. The summed E-state index contributed by atoms with van der Waals surface area (Å²) >= 11 is 4.16. The molecule has 0 bridgehead atoms. The number of esters is 1. The van der Waals surface area contributed by atoms with Crippen LogP contribution < -0.4 is 0 Å². The Morgan fingerprint density at radius 3 is 2.60 bits per heavy atom. The van der Waals surface area contributed by atoms with Crippen molar-refractivity contribution in [3.63, 3.8) is 0 Å². The molecule has 1 heterocycles. The first-order valence-corrected chi connectivity index (χ1v) is 9.20. The normalized spacial score (nSPS) is 22.1. The third-order valence-corrected chi connectivity index (χ3v) is 8.07. The van der Waals surface area contributed by atoms with E-state index in [0.29, 0.717) is 5.56 Å². The van der Waals surface area contributed by atoms with E-state index >= 15 is 0 Å². The van der Waals surface area contributed by atoms with Gasteiger partial charge < -0.3 is 4.74 Å².